The third kappa shape index (κ3) is 3.83. The maximum atomic E-state index is 12.7. The summed E-state index contributed by atoms with van der Waals surface area (Å²) in [5.74, 6) is 1.28. The number of ether oxygens (including phenoxy) is 1. The van der Waals surface area contributed by atoms with Gasteiger partial charge in [-0.3, -0.25) is 9.36 Å². The molecule has 0 saturated heterocycles. The molecule has 26 heavy (non-hydrogen) atoms. The summed E-state index contributed by atoms with van der Waals surface area (Å²) in [4.78, 5) is 17.1. The van der Waals surface area contributed by atoms with Gasteiger partial charge in [0.2, 0.25) is 0 Å². The standard InChI is InChI=1S/C21H22N2O3/c1-3-8-16-9-4-7-12-20(16)26-14-17(24)13-23-15(2)22-19-11-6-5-10-18(19)21(23)25/h3-7,9-12,17,24H,1,8,13-14H2,2H3. The van der Waals surface area contributed by atoms with E-state index in [1.165, 1.54) is 4.57 Å². The highest BCUT2D eigenvalue weighted by molar-refractivity contribution is 5.77. The van der Waals surface area contributed by atoms with Crippen LogP contribution in [-0.4, -0.2) is 27.4 Å². The van der Waals surface area contributed by atoms with E-state index in [4.69, 9.17) is 4.74 Å². The Labute approximate surface area is 152 Å². The van der Waals surface area contributed by atoms with Gasteiger partial charge in [-0.2, -0.15) is 0 Å². The van der Waals surface area contributed by atoms with Crippen molar-refractivity contribution in [1.82, 2.24) is 9.55 Å². The van der Waals surface area contributed by atoms with Gasteiger partial charge in [0, 0.05) is 0 Å². The number of aromatic nitrogens is 2. The largest absolute Gasteiger partial charge is 0.491 e. The van der Waals surface area contributed by atoms with E-state index < -0.39 is 6.10 Å². The molecule has 0 aliphatic rings. The minimum absolute atomic E-state index is 0.0901. The number of rotatable bonds is 7. The second kappa shape index (κ2) is 7.97. The van der Waals surface area contributed by atoms with Gasteiger partial charge in [0.1, 0.15) is 24.3 Å². The Morgan fingerprint density at radius 1 is 1.23 bits per heavy atom. The van der Waals surface area contributed by atoms with Gasteiger partial charge in [-0.05, 0) is 37.1 Å². The van der Waals surface area contributed by atoms with Crippen molar-refractivity contribution in [3.05, 3.63) is 82.9 Å². The summed E-state index contributed by atoms with van der Waals surface area (Å²) >= 11 is 0. The second-order valence-corrected chi connectivity index (χ2v) is 6.16. The van der Waals surface area contributed by atoms with E-state index in [9.17, 15) is 9.90 Å². The molecule has 3 rings (SSSR count). The first-order valence-electron chi connectivity index (χ1n) is 8.56. The number of aryl methyl sites for hydroxylation is 1. The Morgan fingerprint density at radius 3 is 2.77 bits per heavy atom. The lowest BCUT2D eigenvalue weighted by atomic mass is 10.1. The third-order valence-corrected chi connectivity index (χ3v) is 4.21. The number of aliphatic hydroxyl groups is 1. The lowest BCUT2D eigenvalue weighted by Crippen LogP contribution is -2.32. The predicted molar refractivity (Wildman–Crippen MR) is 103 cm³/mol. The van der Waals surface area contributed by atoms with Crippen LogP contribution in [0.15, 0.2) is 66.0 Å². The van der Waals surface area contributed by atoms with Crippen molar-refractivity contribution in [1.29, 1.82) is 0 Å². The highest BCUT2D eigenvalue weighted by atomic mass is 16.5. The molecule has 1 N–H and O–H groups in total. The van der Waals surface area contributed by atoms with Crippen LogP contribution in [0.2, 0.25) is 0 Å². The molecule has 2 aromatic carbocycles. The molecule has 5 nitrogen and oxygen atoms in total. The topological polar surface area (TPSA) is 64.3 Å². The first kappa shape index (κ1) is 17.9. The molecule has 1 unspecified atom stereocenters. The normalized spacial score (nSPS) is 12.1. The molecular formula is C21H22N2O3. The third-order valence-electron chi connectivity index (χ3n) is 4.21. The summed E-state index contributed by atoms with van der Waals surface area (Å²) < 4.78 is 7.25. The maximum absolute atomic E-state index is 12.7. The SMILES string of the molecule is C=CCc1ccccc1OCC(O)Cn1c(C)nc2ccccc2c1=O. The molecule has 0 amide bonds. The zero-order valence-electron chi connectivity index (χ0n) is 14.8. The van der Waals surface area contributed by atoms with E-state index in [0.29, 0.717) is 28.9 Å². The lowest BCUT2D eigenvalue weighted by Gasteiger charge is -2.17. The van der Waals surface area contributed by atoms with Gasteiger partial charge < -0.3 is 9.84 Å². The van der Waals surface area contributed by atoms with Crippen LogP contribution in [0.1, 0.15) is 11.4 Å². The number of hydrogen-bond donors (Lipinski definition) is 1. The van der Waals surface area contributed by atoms with Crippen LogP contribution < -0.4 is 10.3 Å². The van der Waals surface area contributed by atoms with Crippen molar-refractivity contribution in [2.75, 3.05) is 6.61 Å². The van der Waals surface area contributed by atoms with Gasteiger partial charge in [-0.25, -0.2) is 4.98 Å². The van der Waals surface area contributed by atoms with Gasteiger partial charge in [0.15, 0.2) is 0 Å². The molecule has 1 heterocycles. The van der Waals surface area contributed by atoms with E-state index in [0.717, 1.165) is 5.56 Å². The van der Waals surface area contributed by atoms with E-state index in [1.54, 1.807) is 19.1 Å². The monoisotopic (exact) mass is 350 g/mol. The van der Waals surface area contributed by atoms with Crippen LogP contribution in [-0.2, 0) is 13.0 Å². The van der Waals surface area contributed by atoms with Crippen molar-refractivity contribution in [2.45, 2.75) is 26.0 Å². The van der Waals surface area contributed by atoms with Gasteiger partial charge in [0.25, 0.3) is 5.56 Å². The quantitative estimate of drug-likeness (QED) is 0.666. The van der Waals surface area contributed by atoms with Crippen molar-refractivity contribution in [2.24, 2.45) is 0 Å². The van der Waals surface area contributed by atoms with E-state index in [-0.39, 0.29) is 18.7 Å². The molecule has 134 valence electrons. The minimum Gasteiger partial charge on any atom is -0.491 e. The number of fused-ring (bicyclic) bond motifs is 1. The lowest BCUT2D eigenvalue weighted by molar-refractivity contribution is 0.0905. The van der Waals surface area contributed by atoms with Crippen LogP contribution in [0.5, 0.6) is 5.75 Å². The molecule has 0 saturated carbocycles. The number of hydrogen-bond acceptors (Lipinski definition) is 4. The number of allylic oxidation sites excluding steroid dienone is 1. The average Bonchev–Trinajstić information content (AvgIpc) is 2.65. The van der Waals surface area contributed by atoms with Crippen molar-refractivity contribution >= 4 is 10.9 Å². The Balaban J connectivity index is 1.75. The van der Waals surface area contributed by atoms with Crippen molar-refractivity contribution < 1.29 is 9.84 Å². The number of nitrogens with zero attached hydrogens (tertiary/aromatic N) is 2. The summed E-state index contributed by atoms with van der Waals surface area (Å²) in [5, 5.41) is 10.9. The molecule has 5 heteroatoms. The van der Waals surface area contributed by atoms with Crippen LogP contribution in [0.3, 0.4) is 0 Å². The molecule has 0 radical (unpaired) electrons. The fraction of sp³-hybridized carbons (Fsp3) is 0.238. The summed E-state index contributed by atoms with van der Waals surface area (Å²) in [5.41, 5.74) is 1.52. The molecule has 0 fully saturated rings. The average molecular weight is 350 g/mol. The molecule has 3 aromatic rings. The van der Waals surface area contributed by atoms with Crippen LogP contribution >= 0.6 is 0 Å². The summed E-state index contributed by atoms with van der Waals surface area (Å²) in [6.07, 6.45) is 1.67. The Morgan fingerprint density at radius 2 is 1.96 bits per heavy atom. The smallest absolute Gasteiger partial charge is 0.261 e. The minimum atomic E-state index is -0.828. The number of benzene rings is 2. The Hall–Kier alpha value is -2.92. The molecule has 0 bridgehead atoms. The Kier molecular flexibility index (Phi) is 5.49. The molecule has 0 spiro atoms. The molecule has 0 aliphatic heterocycles. The molecular weight excluding hydrogens is 328 g/mol. The first-order chi connectivity index (χ1) is 12.6. The maximum Gasteiger partial charge on any atom is 0.261 e. The summed E-state index contributed by atoms with van der Waals surface area (Å²) in [7, 11) is 0. The molecule has 1 atom stereocenters. The molecule has 1 aromatic heterocycles. The highest BCUT2D eigenvalue weighted by Crippen LogP contribution is 2.19. The summed E-state index contributed by atoms with van der Waals surface area (Å²) in [6, 6.07) is 14.9. The Bertz CT molecular complexity index is 978. The zero-order valence-corrected chi connectivity index (χ0v) is 14.8. The van der Waals surface area contributed by atoms with Crippen LogP contribution in [0.4, 0.5) is 0 Å². The fourth-order valence-corrected chi connectivity index (χ4v) is 2.91. The van der Waals surface area contributed by atoms with E-state index >= 15 is 0 Å². The van der Waals surface area contributed by atoms with E-state index in [2.05, 4.69) is 11.6 Å². The molecule has 0 aliphatic carbocycles. The van der Waals surface area contributed by atoms with Crippen molar-refractivity contribution in [3.8, 4) is 5.75 Å². The van der Waals surface area contributed by atoms with Gasteiger partial charge in [0.05, 0.1) is 17.4 Å². The zero-order chi connectivity index (χ0) is 18.5. The van der Waals surface area contributed by atoms with Crippen LogP contribution in [0.25, 0.3) is 10.9 Å². The number of aliphatic hydroxyl groups excluding tert-OH is 1. The van der Waals surface area contributed by atoms with E-state index in [1.807, 2.05) is 42.5 Å². The fourth-order valence-electron chi connectivity index (χ4n) is 2.91. The first-order valence-corrected chi connectivity index (χ1v) is 8.56. The highest BCUT2D eigenvalue weighted by Gasteiger charge is 2.13. The summed E-state index contributed by atoms with van der Waals surface area (Å²) in [6.45, 7) is 5.73. The predicted octanol–water partition coefficient (Wildman–Crippen LogP) is 2.87. The van der Waals surface area contributed by atoms with Gasteiger partial charge in [-0.15, -0.1) is 6.58 Å². The van der Waals surface area contributed by atoms with Gasteiger partial charge >= 0.3 is 0 Å². The van der Waals surface area contributed by atoms with Gasteiger partial charge in [-0.1, -0.05) is 36.4 Å². The van der Waals surface area contributed by atoms with Crippen molar-refractivity contribution in [3.63, 3.8) is 0 Å². The van der Waals surface area contributed by atoms with Crippen LogP contribution in [0, 0.1) is 6.92 Å². The second-order valence-electron chi connectivity index (χ2n) is 6.16. The number of para-hydroxylation sites is 2.